The minimum atomic E-state index is 0.319. The van der Waals surface area contributed by atoms with Crippen LogP contribution in [0, 0.1) is 0 Å². The molecule has 0 saturated carbocycles. The van der Waals surface area contributed by atoms with Crippen molar-refractivity contribution in [1.29, 1.82) is 0 Å². The van der Waals surface area contributed by atoms with Crippen molar-refractivity contribution in [2.45, 2.75) is 51.0 Å². The standard InChI is InChI=1S/C14H22N2O2/c1-16-12(9-10-15-16)5-6-13(17)7-8-14-4-2-3-11-18-14/h9-10,14H,2-8,11H2,1H3. The lowest BCUT2D eigenvalue weighted by molar-refractivity contribution is -0.120. The van der Waals surface area contributed by atoms with Crippen LogP contribution < -0.4 is 0 Å². The van der Waals surface area contributed by atoms with E-state index in [-0.39, 0.29) is 0 Å². The van der Waals surface area contributed by atoms with Gasteiger partial charge in [-0.25, -0.2) is 0 Å². The lowest BCUT2D eigenvalue weighted by Gasteiger charge is -2.22. The van der Waals surface area contributed by atoms with Crippen molar-refractivity contribution >= 4 is 5.78 Å². The van der Waals surface area contributed by atoms with Gasteiger partial charge < -0.3 is 4.74 Å². The van der Waals surface area contributed by atoms with E-state index in [4.69, 9.17) is 4.74 Å². The van der Waals surface area contributed by atoms with Crippen molar-refractivity contribution in [1.82, 2.24) is 9.78 Å². The fourth-order valence-electron chi connectivity index (χ4n) is 2.40. The fraction of sp³-hybridized carbons (Fsp3) is 0.714. The maximum Gasteiger partial charge on any atom is 0.133 e. The summed E-state index contributed by atoms with van der Waals surface area (Å²) >= 11 is 0. The van der Waals surface area contributed by atoms with Gasteiger partial charge in [0.1, 0.15) is 5.78 Å². The third-order valence-corrected chi connectivity index (χ3v) is 3.60. The zero-order valence-corrected chi connectivity index (χ0v) is 11.1. The van der Waals surface area contributed by atoms with E-state index in [1.54, 1.807) is 6.20 Å². The molecule has 1 aliphatic heterocycles. The topological polar surface area (TPSA) is 44.1 Å². The van der Waals surface area contributed by atoms with Crippen LogP contribution in [0.4, 0.5) is 0 Å². The molecule has 4 nitrogen and oxygen atoms in total. The van der Waals surface area contributed by atoms with Gasteiger partial charge in [-0.05, 0) is 38.2 Å². The first kappa shape index (κ1) is 13.3. The van der Waals surface area contributed by atoms with Crippen LogP contribution in [0.25, 0.3) is 0 Å². The molecule has 1 aromatic rings. The van der Waals surface area contributed by atoms with E-state index in [0.29, 0.717) is 24.7 Å². The summed E-state index contributed by atoms with van der Waals surface area (Å²) in [5, 5.41) is 4.10. The molecule has 0 bridgehead atoms. The van der Waals surface area contributed by atoms with Crippen LogP contribution in [-0.2, 0) is 23.0 Å². The number of hydrogen-bond acceptors (Lipinski definition) is 3. The van der Waals surface area contributed by atoms with Gasteiger partial charge in [0.05, 0.1) is 6.10 Å². The van der Waals surface area contributed by atoms with Gasteiger partial charge in [0, 0.05) is 38.4 Å². The van der Waals surface area contributed by atoms with Crippen LogP contribution in [-0.4, -0.2) is 28.3 Å². The van der Waals surface area contributed by atoms with Gasteiger partial charge >= 0.3 is 0 Å². The number of hydrogen-bond donors (Lipinski definition) is 0. The Morgan fingerprint density at radius 3 is 3.06 bits per heavy atom. The molecule has 0 aromatic carbocycles. The predicted molar refractivity (Wildman–Crippen MR) is 69.4 cm³/mol. The van der Waals surface area contributed by atoms with Gasteiger partial charge in [-0.15, -0.1) is 0 Å². The van der Waals surface area contributed by atoms with Crippen LogP contribution in [0.3, 0.4) is 0 Å². The van der Waals surface area contributed by atoms with Crippen molar-refractivity contribution < 1.29 is 9.53 Å². The number of carbonyl (C=O) groups excluding carboxylic acids is 1. The fourth-order valence-corrected chi connectivity index (χ4v) is 2.40. The Hall–Kier alpha value is -1.16. The molecule has 100 valence electrons. The van der Waals surface area contributed by atoms with Crippen molar-refractivity contribution in [3.63, 3.8) is 0 Å². The molecule has 1 fully saturated rings. The number of ketones is 1. The second kappa shape index (κ2) is 6.69. The number of nitrogens with zero attached hydrogens (tertiary/aromatic N) is 2. The first-order valence-corrected chi connectivity index (χ1v) is 6.86. The highest BCUT2D eigenvalue weighted by Gasteiger charge is 2.15. The molecule has 2 rings (SSSR count). The van der Waals surface area contributed by atoms with Gasteiger partial charge in [0.2, 0.25) is 0 Å². The molecule has 0 N–H and O–H groups in total. The molecule has 18 heavy (non-hydrogen) atoms. The second-order valence-electron chi connectivity index (χ2n) is 5.01. The molecule has 0 spiro atoms. The first-order valence-electron chi connectivity index (χ1n) is 6.86. The number of aromatic nitrogens is 2. The molecule has 0 radical (unpaired) electrons. The van der Waals surface area contributed by atoms with Gasteiger partial charge in [0.15, 0.2) is 0 Å². The van der Waals surface area contributed by atoms with E-state index in [9.17, 15) is 4.79 Å². The summed E-state index contributed by atoms with van der Waals surface area (Å²) in [6.07, 6.45) is 8.59. The smallest absolute Gasteiger partial charge is 0.133 e. The summed E-state index contributed by atoms with van der Waals surface area (Å²) in [5.74, 6) is 0.338. The van der Waals surface area contributed by atoms with Crippen LogP contribution in [0.1, 0.15) is 44.2 Å². The zero-order chi connectivity index (χ0) is 12.8. The second-order valence-corrected chi connectivity index (χ2v) is 5.01. The molecular formula is C14H22N2O2. The third kappa shape index (κ3) is 3.95. The molecule has 2 heterocycles. The van der Waals surface area contributed by atoms with E-state index in [1.165, 1.54) is 12.8 Å². The average Bonchev–Trinajstić information content (AvgIpc) is 2.81. The highest BCUT2D eigenvalue weighted by atomic mass is 16.5. The molecule has 1 aromatic heterocycles. The largest absolute Gasteiger partial charge is 0.378 e. The molecule has 0 aliphatic carbocycles. The number of aryl methyl sites for hydroxylation is 2. The number of ether oxygens (including phenoxy) is 1. The molecule has 1 saturated heterocycles. The maximum atomic E-state index is 11.8. The molecule has 1 aliphatic rings. The van der Waals surface area contributed by atoms with Crippen LogP contribution in [0.5, 0.6) is 0 Å². The highest BCUT2D eigenvalue weighted by Crippen LogP contribution is 2.17. The predicted octanol–water partition coefficient (Wildman–Crippen LogP) is 2.27. The van der Waals surface area contributed by atoms with Gasteiger partial charge in [-0.1, -0.05) is 0 Å². The van der Waals surface area contributed by atoms with Crippen LogP contribution in [0.15, 0.2) is 12.3 Å². The Balaban J connectivity index is 1.64. The van der Waals surface area contributed by atoms with E-state index < -0.39 is 0 Å². The van der Waals surface area contributed by atoms with Crippen molar-refractivity contribution in [2.75, 3.05) is 6.61 Å². The Morgan fingerprint density at radius 2 is 2.39 bits per heavy atom. The number of rotatable bonds is 6. The lowest BCUT2D eigenvalue weighted by Crippen LogP contribution is -2.20. The molecule has 1 atom stereocenters. The minimum absolute atomic E-state index is 0.319. The van der Waals surface area contributed by atoms with Crippen LogP contribution >= 0.6 is 0 Å². The monoisotopic (exact) mass is 250 g/mol. The Kier molecular flexibility index (Phi) is 4.93. The summed E-state index contributed by atoms with van der Waals surface area (Å²) in [5.41, 5.74) is 1.12. The normalized spacial score (nSPS) is 19.9. The molecular weight excluding hydrogens is 228 g/mol. The highest BCUT2D eigenvalue weighted by molar-refractivity contribution is 5.78. The lowest BCUT2D eigenvalue weighted by atomic mass is 10.0. The van der Waals surface area contributed by atoms with Gasteiger partial charge in [-0.2, -0.15) is 5.10 Å². The molecule has 0 amide bonds. The zero-order valence-electron chi connectivity index (χ0n) is 11.1. The van der Waals surface area contributed by atoms with Crippen LogP contribution in [0.2, 0.25) is 0 Å². The Bertz CT molecular complexity index is 381. The summed E-state index contributed by atoms with van der Waals surface area (Å²) in [6, 6.07) is 1.97. The summed E-state index contributed by atoms with van der Waals surface area (Å²) < 4.78 is 7.46. The molecule has 1 unspecified atom stereocenters. The minimum Gasteiger partial charge on any atom is -0.378 e. The number of Topliss-reactive ketones (excluding diaryl/α,β-unsaturated/α-hetero) is 1. The average molecular weight is 250 g/mol. The van der Waals surface area contributed by atoms with E-state index in [1.807, 2.05) is 17.8 Å². The van der Waals surface area contributed by atoms with Crippen molar-refractivity contribution in [2.24, 2.45) is 7.05 Å². The van der Waals surface area contributed by atoms with Crippen molar-refractivity contribution in [3.8, 4) is 0 Å². The van der Waals surface area contributed by atoms with Gasteiger partial charge in [0.25, 0.3) is 0 Å². The van der Waals surface area contributed by atoms with E-state index >= 15 is 0 Å². The maximum absolute atomic E-state index is 11.8. The quantitative estimate of drug-likeness (QED) is 0.778. The van der Waals surface area contributed by atoms with Gasteiger partial charge in [-0.3, -0.25) is 9.48 Å². The SMILES string of the molecule is Cn1nccc1CCC(=O)CCC1CCCCO1. The summed E-state index contributed by atoms with van der Waals surface area (Å²) in [6.45, 7) is 0.869. The Morgan fingerprint density at radius 1 is 1.50 bits per heavy atom. The van der Waals surface area contributed by atoms with Crippen molar-refractivity contribution in [3.05, 3.63) is 18.0 Å². The summed E-state index contributed by atoms with van der Waals surface area (Å²) in [4.78, 5) is 11.8. The third-order valence-electron chi connectivity index (χ3n) is 3.60. The Labute approximate surface area is 108 Å². The van der Waals surface area contributed by atoms with E-state index in [2.05, 4.69) is 5.10 Å². The molecule has 4 heteroatoms. The van der Waals surface area contributed by atoms with E-state index in [0.717, 1.165) is 31.6 Å². The number of carbonyl (C=O) groups is 1. The summed E-state index contributed by atoms with van der Waals surface area (Å²) in [7, 11) is 1.91. The first-order chi connectivity index (χ1) is 8.75.